The van der Waals surface area contributed by atoms with Crippen LogP contribution in [0.4, 0.5) is 0 Å². The third-order valence-corrected chi connectivity index (χ3v) is 3.27. The molecule has 0 radical (unpaired) electrons. The molecule has 1 aromatic heterocycles. The number of rotatable bonds is 5. The number of carboxylic acid groups (broad SMARTS) is 1. The van der Waals surface area contributed by atoms with E-state index >= 15 is 0 Å². The molecule has 0 amide bonds. The number of hydrogen-bond donors (Lipinski definition) is 1. The minimum atomic E-state index is -0.891. The van der Waals surface area contributed by atoms with Gasteiger partial charge >= 0.3 is 5.97 Å². The van der Waals surface area contributed by atoms with Crippen LogP contribution >= 0.6 is 11.3 Å². The number of hydrogen-bond acceptors (Lipinski definition) is 3. The molecule has 0 aliphatic carbocycles. The zero-order valence-electron chi connectivity index (χ0n) is 10.1. The van der Waals surface area contributed by atoms with Crippen LogP contribution in [0.5, 0.6) is 5.75 Å². The van der Waals surface area contributed by atoms with Crippen LogP contribution in [0.25, 0.3) is 11.1 Å². The first-order chi connectivity index (χ1) is 8.72. The molecule has 0 saturated heterocycles. The Morgan fingerprint density at radius 2 is 2.00 bits per heavy atom. The normalized spacial score (nSPS) is 10.3. The summed E-state index contributed by atoms with van der Waals surface area (Å²) in [5.74, 6) is -0.0785. The Morgan fingerprint density at radius 3 is 2.61 bits per heavy atom. The van der Waals surface area contributed by atoms with Crippen LogP contribution in [-0.2, 0) is 0 Å². The standard InChI is InChI=1S/C14H14O3S/c1-2-7-17-11-5-3-10(4-6-11)12-8-18-9-13(12)14(15)16/h3-6,8-9H,2,7H2,1H3,(H,15,16). The number of carboxylic acids is 1. The Hall–Kier alpha value is -1.81. The van der Waals surface area contributed by atoms with Gasteiger partial charge in [0.2, 0.25) is 0 Å². The lowest BCUT2D eigenvalue weighted by Crippen LogP contribution is -1.96. The van der Waals surface area contributed by atoms with Crippen LogP contribution in [-0.4, -0.2) is 17.7 Å². The highest BCUT2D eigenvalue weighted by molar-refractivity contribution is 7.08. The van der Waals surface area contributed by atoms with Gasteiger partial charge in [0, 0.05) is 10.9 Å². The molecule has 0 unspecified atom stereocenters. The molecule has 0 atom stereocenters. The lowest BCUT2D eigenvalue weighted by atomic mass is 10.0. The Morgan fingerprint density at radius 1 is 1.28 bits per heavy atom. The van der Waals surface area contributed by atoms with E-state index in [0.717, 1.165) is 23.3 Å². The first-order valence-corrected chi connectivity index (χ1v) is 6.69. The maximum absolute atomic E-state index is 11.0. The zero-order chi connectivity index (χ0) is 13.0. The van der Waals surface area contributed by atoms with Gasteiger partial charge in [-0.3, -0.25) is 0 Å². The largest absolute Gasteiger partial charge is 0.494 e. The molecule has 94 valence electrons. The van der Waals surface area contributed by atoms with E-state index in [4.69, 9.17) is 9.84 Å². The molecule has 0 aliphatic heterocycles. The molecule has 2 aromatic rings. The highest BCUT2D eigenvalue weighted by Gasteiger charge is 2.12. The average molecular weight is 262 g/mol. The van der Waals surface area contributed by atoms with E-state index in [0.29, 0.717) is 12.2 Å². The van der Waals surface area contributed by atoms with Gasteiger partial charge in [-0.1, -0.05) is 19.1 Å². The second kappa shape index (κ2) is 5.69. The lowest BCUT2D eigenvalue weighted by Gasteiger charge is -2.06. The quantitative estimate of drug-likeness (QED) is 0.888. The molecular formula is C14H14O3S. The van der Waals surface area contributed by atoms with Gasteiger partial charge in [-0.25, -0.2) is 4.79 Å². The van der Waals surface area contributed by atoms with Crippen LogP contribution in [0.15, 0.2) is 35.0 Å². The van der Waals surface area contributed by atoms with Gasteiger partial charge in [0.15, 0.2) is 0 Å². The van der Waals surface area contributed by atoms with Crippen molar-refractivity contribution in [3.63, 3.8) is 0 Å². The zero-order valence-corrected chi connectivity index (χ0v) is 10.9. The van der Waals surface area contributed by atoms with Crippen LogP contribution in [0.2, 0.25) is 0 Å². The third kappa shape index (κ3) is 2.71. The summed E-state index contributed by atoms with van der Waals surface area (Å²) in [5.41, 5.74) is 2.01. The number of ether oxygens (including phenoxy) is 1. The van der Waals surface area contributed by atoms with Gasteiger partial charge < -0.3 is 9.84 Å². The van der Waals surface area contributed by atoms with Crippen LogP contribution in [0.3, 0.4) is 0 Å². The van der Waals surface area contributed by atoms with Crippen molar-refractivity contribution >= 4 is 17.3 Å². The van der Waals surface area contributed by atoms with Crippen molar-refractivity contribution in [3.05, 3.63) is 40.6 Å². The summed E-state index contributed by atoms with van der Waals surface area (Å²) in [7, 11) is 0. The number of benzene rings is 1. The molecule has 1 heterocycles. The van der Waals surface area contributed by atoms with Crippen LogP contribution < -0.4 is 4.74 Å². The summed E-state index contributed by atoms with van der Waals surface area (Å²) in [5, 5.41) is 12.6. The van der Waals surface area contributed by atoms with Crippen LogP contribution in [0, 0.1) is 0 Å². The summed E-state index contributed by atoms with van der Waals surface area (Å²) in [6, 6.07) is 7.52. The Balaban J connectivity index is 2.23. The number of thiophene rings is 1. The highest BCUT2D eigenvalue weighted by Crippen LogP contribution is 2.28. The molecule has 1 aromatic carbocycles. The maximum atomic E-state index is 11.0. The Labute approximate surface area is 110 Å². The topological polar surface area (TPSA) is 46.5 Å². The first kappa shape index (κ1) is 12.6. The maximum Gasteiger partial charge on any atom is 0.337 e. The molecular weight excluding hydrogens is 248 g/mol. The van der Waals surface area contributed by atoms with E-state index in [2.05, 4.69) is 6.92 Å². The second-order valence-electron chi connectivity index (χ2n) is 3.88. The van der Waals surface area contributed by atoms with Crippen molar-refractivity contribution in [1.29, 1.82) is 0 Å². The SMILES string of the molecule is CCCOc1ccc(-c2cscc2C(=O)O)cc1. The van der Waals surface area contributed by atoms with Crippen molar-refractivity contribution in [2.75, 3.05) is 6.61 Å². The van der Waals surface area contributed by atoms with E-state index < -0.39 is 5.97 Å². The second-order valence-corrected chi connectivity index (χ2v) is 4.62. The highest BCUT2D eigenvalue weighted by atomic mass is 32.1. The summed E-state index contributed by atoms with van der Waals surface area (Å²) >= 11 is 1.40. The van der Waals surface area contributed by atoms with Gasteiger partial charge in [0.25, 0.3) is 0 Å². The van der Waals surface area contributed by atoms with E-state index in [9.17, 15) is 4.79 Å². The summed E-state index contributed by atoms with van der Waals surface area (Å²) < 4.78 is 5.49. The third-order valence-electron chi connectivity index (χ3n) is 2.53. The molecule has 3 nitrogen and oxygen atoms in total. The summed E-state index contributed by atoms with van der Waals surface area (Å²) in [6.45, 7) is 2.75. The number of carbonyl (C=O) groups is 1. The van der Waals surface area contributed by atoms with Crippen molar-refractivity contribution in [3.8, 4) is 16.9 Å². The monoisotopic (exact) mass is 262 g/mol. The summed E-state index contributed by atoms with van der Waals surface area (Å²) in [6.07, 6.45) is 0.968. The average Bonchev–Trinajstić information content (AvgIpc) is 2.86. The molecule has 0 bridgehead atoms. The van der Waals surface area contributed by atoms with E-state index in [-0.39, 0.29) is 0 Å². The molecule has 0 aliphatic rings. The molecule has 0 fully saturated rings. The minimum Gasteiger partial charge on any atom is -0.494 e. The Bertz CT molecular complexity index is 528. The molecule has 18 heavy (non-hydrogen) atoms. The van der Waals surface area contributed by atoms with Gasteiger partial charge in [-0.05, 0) is 29.5 Å². The van der Waals surface area contributed by atoms with Crippen LogP contribution in [0.1, 0.15) is 23.7 Å². The van der Waals surface area contributed by atoms with Crippen molar-refractivity contribution < 1.29 is 14.6 Å². The smallest absolute Gasteiger partial charge is 0.337 e. The van der Waals surface area contributed by atoms with Crippen molar-refractivity contribution in [2.24, 2.45) is 0 Å². The molecule has 2 rings (SSSR count). The predicted octanol–water partition coefficient (Wildman–Crippen LogP) is 3.90. The fraction of sp³-hybridized carbons (Fsp3) is 0.214. The van der Waals surface area contributed by atoms with Gasteiger partial charge in [-0.15, -0.1) is 0 Å². The molecule has 1 N–H and O–H groups in total. The minimum absolute atomic E-state index is 0.349. The fourth-order valence-corrected chi connectivity index (χ4v) is 2.47. The number of aromatic carboxylic acids is 1. The van der Waals surface area contributed by atoms with Gasteiger partial charge in [0.1, 0.15) is 5.75 Å². The van der Waals surface area contributed by atoms with Gasteiger partial charge in [-0.2, -0.15) is 11.3 Å². The van der Waals surface area contributed by atoms with Gasteiger partial charge in [0.05, 0.1) is 12.2 Å². The lowest BCUT2D eigenvalue weighted by molar-refractivity contribution is 0.0698. The van der Waals surface area contributed by atoms with Crippen molar-refractivity contribution in [2.45, 2.75) is 13.3 Å². The molecule has 0 saturated carbocycles. The predicted molar refractivity (Wildman–Crippen MR) is 72.5 cm³/mol. The van der Waals surface area contributed by atoms with E-state index in [1.807, 2.05) is 29.6 Å². The van der Waals surface area contributed by atoms with E-state index in [1.165, 1.54) is 11.3 Å². The fourth-order valence-electron chi connectivity index (χ4n) is 1.64. The molecule has 4 heteroatoms. The molecule has 0 spiro atoms. The first-order valence-electron chi connectivity index (χ1n) is 5.75. The summed E-state index contributed by atoms with van der Waals surface area (Å²) in [4.78, 5) is 11.0. The van der Waals surface area contributed by atoms with E-state index in [1.54, 1.807) is 5.38 Å². The Kier molecular flexibility index (Phi) is 3.99. The van der Waals surface area contributed by atoms with Crippen molar-refractivity contribution in [1.82, 2.24) is 0 Å².